The summed E-state index contributed by atoms with van der Waals surface area (Å²) in [5, 5.41) is 0.717. The van der Waals surface area contributed by atoms with E-state index < -0.39 is 0 Å². The van der Waals surface area contributed by atoms with Gasteiger partial charge < -0.3 is 9.64 Å². The summed E-state index contributed by atoms with van der Waals surface area (Å²) >= 11 is 5.83. The van der Waals surface area contributed by atoms with Gasteiger partial charge in [0.05, 0.1) is 13.5 Å². The molecule has 0 saturated carbocycles. The molecule has 1 rings (SSSR count). The lowest BCUT2D eigenvalue weighted by Gasteiger charge is -2.20. The number of hydrogen-bond acceptors (Lipinski definition) is 3. The Bertz CT molecular complexity index is 459. The van der Waals surface area contributed by atoms with Crippen LogP contribution in [0.5, 0.6) is 0 Å². The number of hydrogen-bond donors (Lipinski definition) is 0. The molecule has 0 heterocycles. The van der Waals surface area contributed by atoms with Crippen LogP contribution in [-0.2, 0) is 20.7 Å². The maximum absolute atomic E-state index is 12.1. The molecule has 0 saturated heterocycles. The third-order valence-corrected chi connectivity index (χ3v) is 3.57. The predicted molar refractivity (Wildman–Crippen MR) is 83.3 cm³/mol. The molecule has 0 aliphatic carbocycles. The predicted octanol–water partition coefficient (Wildman–Crippen LogP) is 3.07. The van der Waals surface area contributed by atoms with Crippen LogP contribution < -0.4 is 0 Å². The average Bonchev–Trinajstić information content (AvgIpc) is 2.49. The summed E-state index contributed by atoms with van der Waals surface area (Å²) in [6, 6.07) is 7.66. The third kappa shape index (κ3) is 6.63. The van der Waals surface area contributed by atoms with Crippen molar-refractivity contribution < 1.29 is 14.3 Å². The zero-order valence-electron chi connectivity index (χ0n) is 12.6. The van der Waals surface area contributed by atoms with Crippen LogP contribution >= 0.6 is 11.6 Å². The van der Waals surface area contributed by atoms with E-state index in [0.29, 0.717) is 19.5 Å². The van der Waals surface area contributed by atoms with Gasteiger partial charge >= 0.3 is 5.97 Å². The van der Waals surface area contributed by atoms with Gasteiger partial charge in [-0.25, -0.2) is 0 Å². The monoisotopic (exact) mass is 311 g/mol. The molecule has 1 aromatic carbocycles. The highest BCUT2D eigenvalue weighted by atomic mass is 35.5. The lowest BCUT2D eigenvalue weighted by atomic mass is 10.1. The van der Waals surface area contributed by atoms with Crippen LogP contribution in [0.25, 0.3) is 0 Å². The molecular formula is C16H22ClNO3. The minimum absolute atomic E-state index is 0.0790. The van der Waals surface area contributed by atoms with E-state index in [4.69, 9.17) is 11.6 Å². The molecule has 4 nitrogen and oxygen atoms in total. The largest absolute Gasteiger partial charge is 0.469 e. The molecule has 0 radical (unpaired) electrons. The highest BCUT2D eigenvalue weighted by molar-refractivity contribution is 6.30. The molecule has 21 heavy (non-hydrogen) atoms. The Kier molecular flexibility index (Phi) is 7.83. The van der Waals surface area contributed by atoms with Gasteiger partial charge in [-0.2, -0.15) is 0 Å². The van der Waals surface area contributed by atoms with E-state index in [1.54, 1.807) is 4.90 Å². The molecule has 1 amide bonds. The number of nitrogens with zero attached hydrogens (tertiary/aromatic N) is 1. The van der Waals surface area contributed by atoms with E-state index in [1.165, 1.54) is 12.7 Å². The maximum Gasteiger partial charge on any atom is 0.307 e. The SMILES string of the molecule is CCN(CCC(=O)OC)C(=O)CCCc1ccc(Cl)cc1. The summed E-state index contributed by atoms with van der Waals surface area (Å²) in [7, 11) is 1.35. The molecule has 0 atom stereocenters. The Labute approximate surface area is 131 Å². The van der Waals surface area contributed by atoms with Gasteiger partial charge in [0.15, 0.2) is 0 Å². The first-order valence-corrected chi connectivity index (χ1v) is 7.53. The summed E-state index contributed by atoms with van der Waals surface area (Å²) in [4.78, 5) is 24.9. The second kappa shape index (κ2) is 9.40. The van der Waals surface area contributed by atoms with E-state index in [9.17, 15) is 9.59 Å². The highest BCUT2D eigenvalue weighted by Gasteiger charge is 2.13. The molecular weight excluding hydrogens is 290 g/mol. The van der Waals surface area contributed by atoms with Crippen molar-refractivity contribution >= 4 is 23.5 Å². The van der Waals surface area contributed by atoms with Crippen LogP contribution in [0, 0.1) is 0 Å². The molecule has 0 fully saturated rings. The Morgan fingerprint density at radius 1 is 1.19 bits per heavy atom. The van der Waals surface area contributed by atoms with Gasteiger partial charge in [-0.1, -0.05) is 23.7 Å². The lowest BCUT2D eigenvalue weighted by Crippen LogP contribution is -2.32. The fourth-order valence-corrected chi connectivity index (χ4v) is 2.17. The molecule has 0 aromatic heterocycles. The molecule has 1 aromatic rings. The summed E-state index contributed by atoms with van der Waals surface area (Å²) in [5.41, 5.74) is 1.17. The lowest BCUT2D eigenvalue weighted by molar-refractivity contribution is -0.141. The van der Waals surface area contributed by atoms with Crippen molar-refractivity contribution in [3.63, 3.8) is 0 Å². The molecule has 0 unspecified atom stereocenters. The van der Waals surface area contributed by atoms with Gasteiger partial charge in [0.25, 0.3) is 0 Å². The maximum atomic E-state index is 12.1. The van der Waals surface area contributed by atoms with Gasteiger partial charge in [0.1, 0.15) is 0 Å². The molecule has 0 aliphatic heterocycles. The minimum Gasteiger partial charge on any atom is -0.469 e. The summed E-state index contributed by atoms with van der Waals surface area (Å²) in [5.74, 6) is -0.210. The number of benzene rings is 1. The van der Waals surface area contributed by atoms with Crippen molar-refractivity contribution in [3.05, 3.63) is 34.9 Å². The molecule has 5 heteroatoms. The zero-order chi connectivity index (χ0) is 15.7. The Morgan fingerprint density at radius 3 is 2.43 bits per heavy atom. The van der Waals surface area contributed by atoms with Crippen LogP contribution in [0.1, 0.15) is 31.7 Å². The van der Waals surface area contributed by atoms with E-state index in [2.05, 4.69) is 4.74 Å². The number of carbonyl (C=O) groups excluding carboxylic acids is 2. The molecule has 0 bridgehead atoms. The molecule has 0 N–H and O–H groups in total. The average molecular weight is 312 g/mol. The Balaban J connectivity index is 2.33. The summed E-state index contributed by atoms with van der Waals surface area (Å²) in [6.07, 6.45) is 2.36. The normalized spacial score (nSPS) is 10.2. The number of amides is 1. The first kappa shape index (κ1) is 17.5. The summed E-state index contributed by atoms with van der Waals surface area (Å²) in [6.45, 7) is 2.94. The zero-order valence-corrected chi connectivity index (χ0v) is 13.4. The second-order valence-electron chi connectivity index (χ2n) is 4.78. The third-order valence-electron chi connectivity index (χ3n) is 3.32. The number of ether oxygens (including phenoxy) is 1. The van der Waals surface area contributed by atoms with Crippen LogP contribution in [0.4, 0.5) is 0 Å². The number of methoxy groups -OCH3 is 1. The molecule has 116 valence electrons. The van der Waals surface area contributed by atoms with E-state index in [0.717, 1.165) is 17.9 Å². The standard InChI is InChI=1S/C16H22ClNO3/c1-3-18(12-11-16(20)21-2)15(19)6-4-5-13-7-9-14(17)10-8-13/h7-10H,3-6,11-12H2,1-2H3. The van der Waals surface area contributed by atoms with Crippen LogP contribution in [0.2, 0.25) is 5.02 Å². The van der Waals surface area contributed by atoms with E-state index in [-0.39, 0.29) is 18.3 Å². The van der Waals surface area contributed by atoms with Crippen molar-refractivity contribution in [1.82, 2.24) is 4.90 Å². The highest BCUT2D eigenvalue weighted by Crippen LogP contribution is 2.12. The number of halogens is 1. The Morgan fingerprint density at radius 2 is 1.86 bits per heavy atom. The number of esters is 1. The van der Waals surface area contributed by atoms with Crippen molar-refractivity contribution in [1.29, 1.82) is 0 Å². The van der Waals surface area contributed by atoms with Gasteiger partial charge in [-0.15, -0.1) is 0 Å². The van der Waals surface area contributed by atoms with Gasteiger partial charge in [-0.05, 0) is 37.5 Å². The van der Waals surface area contributed by atoms with Crippen LogP contribution in [-0.4, -0.2) is 37.0 Å². The molecule has 0 aliphatic rings. The Hall–Kier alpha value is -1.55. The van der Waals surface area contributed by atoms with Crippen LogP contribution in [0.3, 0.4) is 0 Å². The van der Waals surface area contributed by atoms with E-state index >= 15 is 0 Å². The van der Waals surface area contributed by atoms with Crippen molar-refractivity contribution in [2.24, 2.45) is 0 Å². The minimum atomic E-state index is -0.289. The topological polar surface area (TPSA) is 46.6 Å². The molecule has 0 spiro atoms. The van der Waals surface area contributed by atoms with Crippen molar-refractivity contribution in [3.8, 4) is 0 Å². The van der Waals surface area contributed by atoms with E-state index in [1.807, 2.05) is 31.2 Å². The fourth-order valence-electron chi connectivity index (χ4n) is 2.04. The number of rotatable bonds is 8. The van der Waals surface area contributed by atoms with Crippen LogP contribution in [0.15, 0.2) is 24.3 Å². The smallest absolute Gasteiger partial charge is 0.307 e. The summed E-state index contributed by atoms with van der Waals surface area (Å²) < 4.78 is 4.59. The van der Waals surface area contributed by atoms with Crippen molar-refractivity contribution in [2.75, 3.05) is 20.2 Å². The quantitative estimate of drug-likeness (QED) is 0.693. The first-order valence-electron chi connectivity index (χ1n) is 7.15. The number of aryl methyl sites for hydroxylation is 1. The first-order chi connectivity index (χ1) is 10.1. The van der Waals surface area contributed by atoms with Gasteiger partial charge in [0.2, 0.25) is 5.91 Å². The second-order valence-corrected chi connectivity index (χ2v) is 5.22. The van der Waals surface area contributed by atoms with Crippen molar-refractivity contribution in [2.45, 2.75) is 32.6 Å². The van der Waals surface area contributed by atoms with Gasteiger partial charge in [0, 0.05) is 24.5 Å². The number of carbonyl (C=O) groups is 2. The van der Waals surface area contributed by atoms with Gasteiger partial charge in [-0.3, -0.25) is 9.59 Å². The fraction of sp³-hybridized carbons (Fsp3) is 0.500.